The van der Waals surface area contributed by atoms with Crippen molar-refractivity contribution in [2.45, 2.75) is 6.92 Å². The predicted molar refractivity (Wildman–Crippen MR) is 86.2 cm³/mol. The Morgan fingerprint density at radius 2 is 1.86 bits per heavy atom. The van der Waals surface area contributed by atoms with Gasteiger partial charge in [-0.3, -0.25) is 9.59 Å². The normalized spacial score (nSPS) is 10.1. The minimum Gasteiger partial charge on any atom is -0.506 e. The van der Waals surface area contributed by atoms with E-state index in [1.807, 2.05) is 6.07 Å². The molecule has 0 aromatic heterocycles. The Morgan fingerprint density at radius 3 is 2.50 bits per heavy atom. The maximum atomic E-state index is 12.3. The van der Waals surface area contributed by atoms with Crippen molar-refractivity contribution in [1.82, 2.24) is 0 Å². The molecule has 0 aliphatic heterocycles. The van der Waals surface area contributed by atoms with Crippen LogP contribution in [0.3, 0.4) is 0 Å². The van der Waals surface area contributed by atoms with E-state index in [1.165, 1.54) is 23.1 Å². The molecule has 0 unspecified atom stereocenters. The van der Waals surface area contributed by atoms with Crippen LogP contribution < -0.4 is 10.2 Å². The molecule has 0 saturated heterocycles. The molecule has 0 radical (unpaired) electrons. The largest absolute Gasteiger partial charge is 0.506 e. The molecule has 5 nitrogen and oxygen atoms in total. The molecule has 0 saturated carbocycles. The summed E-state index contributed by atoms with van der Waals surface area (Å²) in [6.45, 7) is 2.12. The van der Waals surface area contributed by atoms with Gasteiger partial charge in [-0.1, -0.05) is 29.8 Å². The Morgan fingerprint density at radius 1 is 1.18 bits per heavy atom. The van der Waals surface area contributed by atoms with E-state index in [2.05, 4.69) is 5.32 Å². The molecule has 2 aromatic rings. The van der Waals surface area contributed by atoms with Crippen LogP contribution in [0.2, 0.25) is 5.02 Å². The van der Waals surface area contributed by atoms with Crippen LogP contribution in [0, 0.1) is 0 Å². The smallest absolute Gasteiger partial charge is 0.316 e. The van der Waals surface area contributed by atoms with E-state index in [-0.39, 0.29) is 11.4 Å². The lowest BCUT2D eigenvalue weighted by Gasteiger charge is -2.20. The number of amides is 2. The molecule has 2 N–H and O–H groups in total. The number of aromatic hydroxyl groups is 1. The summed E-state index contributed by atoms with van der Waals surface area (Å²) < 4.78 is 0. The Labute approximate surface area is 133 Å². The number of halogens is 1. The molecule has 2 aromatic carbocycles. The van der Waals surface area contributed by atoms with E-state index in [0.717, 1.165) is 0 Å². The lowest BCUT2D eigenvalue weighted by molar-refractivity contribution is -0.134. The predicted octanol–water partition coefficient (Wildman–Crippen LogP) is 3.04. The van der Waals surface area contributed by atoms with Crippen LogP contribution in [0.5, 0.6) is 5.75 Å². The van der Waals surface area contributed by atoms with Gasteiger partial charge in [-0.25, -0.2) is 0 Å². The van der Waals surface area contributed by atoms with Crippen molar-refractivity contribution in [2.75, 3.05) is 16.8 Å². The van der Waals surface area contributed by atoms with Gasteiger partial charge in [0.2, 0.25) is 0 Å². The number of benzene rings is 2. The second kappa shape index (κ2) is 6.95. The van der Waals surface area contributed by atoms with Crippen LogP contribution >= 0.6 is 11.6 Å². The molecule has 0 aliphatic carbocycles. The first-order valence-corrected chi connectivity index (χ1v) is 7.07. The number of rotatable bonds is 3. The molecule has 0 fully saturated rings. The first kappa shape index (κ1) is 15.9. The molecule has 0 aliphatic rings. The topological polar surface area (TPSA) is 69.6 Å². The SMILES string of the molecule is CCN(C(=O)C(=O)Nc1cc(Cl)ccc1O)c1ccccc1. The zero-order chi connectivity index (χ0) is 16.1. The average Bonchev–Trinajstić information content (AvgIpc) is 2.52. The summed E-state index contributed by atoms with van der Waals surface area (Å²) in [5.41, 5.74) is 0.718. The molecule has 0 bridgehead atoms. The van der Waals surface area contributed by atoms with Crippen LogP contribution in [0.25, 0.3) is 0 Å². The van der Waals surface area contributed by atoms with Crippen molar-refractivity contribution in [3.63, 3.8) is 0 Å². The highest BCUT2D eigenvalue weighted by atomic mass is 35.5. The first-order chi connectivity index (χ1) is 10.5. The van der Waals surface area contributed by atoms with Gasteiger partial charge < -0.3 is 15.3 Å². The van der Waals surface area contributed by atoms with Crippen molar-refractivity contribution >= 4 is 34.8 Å². The molecule has 0 atom stereocenters. The third-order valence-electron chi connectivity index (χ3n) is 3.03. The minimum absolute atomic E-state index is 0.0926. The zero-order valence-corrected chi connectivity index (χ0v) is 12.7. The lowest BCUT2D eigenvalue weighted by Crippen LogP contribution is -2.39. The summed E-state index contributed by atoms with van der Waals surface area (Å²) in [5.74, 6) is -1.72. The highest BCUT2D eigenvalue weighted by Crippen LogP contribution is 2.26. The van der Waals surface area contributed by atoms with E-state index >= 15 is 0 Å². The molecule has 114 valence electrons. The van der Waals surface area contributed by atoms with Crippen LogP contribution in [-0.4, -0.2) is 23.5 Å². The third-order valence-corrected chi connectivity index (χ3v) is 3.27. The number of phenols is 1. The summed E-state index contributed by atoms with van der Waals surface area (Å²) in [4.78, 5) is 25.7. The number of hydrogen-bond acceptors (Lipinski definition) is 3. The second-order valence-corrected chi connectivity index (χ2v) is 4.94. The van der Waals surface area contributed by atoms with Gasteiger partial charge in [0, 0.05) is 17.3 Å². The number of phenolic OH excluding ortho intramolecular Hbond substituents is 1. The van der Waals surface area contributed by atoms with E-state index in [4.69, 9.17) is 11.6 Å². The number of nitrogens with zero attached hydrogens (tertiary/aromatic N) is 1. The van der Waals surface area contributed by atoms with Crippen molar-refractivity contribution in [3.05, 3.63) is 53.6 Å². The zero-order valence-electron chi connectivity index (χ0n) is 11.9. The molecule has 2 amide bonds. The maximum Gasteiger partial charge on any atom is 0.316 e. The van der Waals surface area contributed by atoms with Gasteiger partial charge in [0.05, 0.1) is 5.69 Å². The van der Waals surface area contributed by atoms with Gasteiger partial charge in [0.1, 0.15) is 5.75 Å². The maximum absolute atomic E-state index is 12.3. The fourth-order valence-electron chi connectivity index (χ4n) is 1.96. The van der Waals surface area contributed by atoms with E-state index < -0.39 is 11.8 Å². The van der Waals surface area contributed by atoms with E-state index in [0.29, 0.717) is 17.3 Å². The van der Waals surface area contributed by atoms with Crippen LogP contribution in [0.15, 0.2) is 48.5 Å². The van der Waals surface area contributed by atoms with Crippen LogP contribution in [0.4, 0.5) is 11.4 Å². The summed E-state index contributed by atoms with van der Waals surface area (Å²) in [6, 6.07) is 13.1. The fourth-order valence-corrected chi connectivity index (χ4v) is 2.13. The van der Waals surface area contributed by atoms with Crippen molar-refractivity contribution in [1.29, 1.82) is 0 Å². The third kappa shape index (κ3) is 3.56. The molecular weight excluding hydrogens is 304 g/mol. The summed E-state index contributed by atoms with van der Waals surface area (Å²) in [6.07, 6.45) is 0. The number of nitrogens with one attached hydrogen (secondary N) is 1. The van der Waals surface area contributed by atoms with Crippen molar-refractivity contribution in [3.8, 4) is 5.75 Å². The number of carbonyl (C=O) groups is 2. The number of para-hydroxylation sites is 1. The molecule has 0 spiro atoms. The Kier molecular flexibility index (Phi) is 5.01. The highest BCUT2D eigenvalue weighted by Gasteiger charge is 2.22. The molecule has 2 rings (SSSR count). The number of likely N-dealkylation sites (N-methyl/N-ethyl adjacent to an activating group) is 1. The molecule has 22 heavy (non-hydrogen) atoms. The van der Waals surface area contributed by atoms with Crippen LogP contribution in [0.1, 0.15) is 6.92 Å². The van der Waals surface area contributed by atoms with Gasteiger partial charge in [-0.2, -0.15) is 0 Å². The molecular formula is C16H15ClN2O3. The summed E-state index contributed by atoms with van der Waals surface area (Å²) >= 11 is 5.81. The Bertz CT molecular complexity index is 689. The number of hydrogen-bond donors (Lipinski definition) is 2. The van der Waals surface area contributed by atoms with Gasteiger partial charge >= 0.3 is 11.8 Å². The monoisotopic (exact) mass is 318 g/mol. The lowest BCUT2D eigenvalue weighted by atomic mass is 10.2. The fraction of sp³-hybridized carbons (Fsp3) is 0.125. The van der Waals surface area contributed by atoms with Gasteiger partial charge in [0.15, 0.2) is 0 Å². The summed E-state index contributed by atoms with van der Waals surface area (Å²) in [5, 5.41) is 12.4. The van der Waals surface area contributed by atoms with Crippen molar-refractivity contribution < 1.29 is 14.7 Å². The average molecular weight is 319 g/mol. The van der Waals surface area contributed by atoms with Crippen LogP contribution in [-0.2, 0) is 9.59 Å². The van der Waals surface area contributed by atoms with E-state index in [9.17, 15) is 14.7 Å². The highest BCUT2D eigenvalue weighted by molar-refractivity contribution is 6.44. The summed E-state index contributed by atoms with van der Waals surface area (Å²) in [7, 11) is 0. The molecule has 0 heterocycles. The van der Waals surface area contributed by atoms with E-state index in [1.54, 1.807) is 31.2 Å². The van der Waals surface area contributed by atoms with Crippen molar-refractivity contribution in [2.24, 2.45) is 0 Å². The Hall–Kier alpha value is -2.53. The standard InChI is InChI=1S/C16H15ClN2O3/c1-2-19(12-6-4-3-5-7-12)16(22)15(21)18-13-10-11(17)8-9-14(13)20/h3-10,20H,2H2,1H3,(H,18,21). The second-order valence-electron chi connectivity index (χ2n) is 4.50. The molecule has 6 heteroatoms. The Balaban J connectivity index is 2.18. The quantitative estimate of drug-likeness (QED) is 0.675. The van der Waals surface area contributed by atoms with Gasteiger partial charge in [0.25, 0.3) is 0 Å². The first-order valence-electron chi connectivity index (χ1n) is 6.69. The number of carbonyl (C=O) groups excluding carboxylic acids is 2. The van der Waals surface area contributed by atoms with Gasteiger partial charge in [-0.15, -0.1) is 0 Å². The van der Waals surface area contributed by atoms with Gasteiger partial charge in [-0.05, 0) is 37.3 Å². The minimum atomic E-state index is -0.844. The number of anilines is 2.